The summed E-state index contributed by atoms with van der Waals surface area (Å²) >= 11 is 3.28. The fraction of sp³-hybridized carbons (Fsp3) is 0.467. The van der Waals surface area contributed by atoms with E-state index in [2.05, 4.69) is 21.2 Å². The van der Waals surface area contributed by atoms with Crippen LogP contribution in [0.3, 0.4) is 0 Å². The molecule has 0 aliphatic carbocycles. The van der Waals surface area contributed by atoms with Crippen molar-refractivity contribution >= 4 is 27.8 Å². The summed E-state index contributed by atoms with van der Waals surface area (Å²) < 4.78 is 10.9. The number of carbonyl (C=O) groups is 2. The van der Waals surface area contributed by atoms with Crippen LogP contribution in [0.15, 0.2) is 30.3 Å². The number of alkyl halides is 1. The third-order valence-electron chi connectivity index (χ3n) is 3.34. The molecule has 1 heterocycles. The van der Waals surface area contributed by atoms with E-state index >= 15 is 0 Å². The van der Waals surface area contributed by atoms with Gasteiger partial charge in [0.05, 0.1) is 11.6 Å². The van der Waals surface area contributed by atoms with Crippen molar-refractivity contribution in [1.82, 2.24) is 5.32 Å². The molecule has 4 atom stereocenters. The molecular formula is C15H18BrNO5. The molecule has 2 rings (SSSR count). The van der Waals surface area contributed by atoms with Gasteiger partial charge in [0.15, 0.2) is 6.29 Å². The van der Waals surface area contributed by atoms with Crippen LogP contribution in [0, 0.1) is 0 Å². The first kappa shape index (κ1) is 16.9. The summed E-state index contributed by atoms with van der Waals surface area (Å²) in [5, 5.41) is 12.8. The zero-order valence-electron chi connectivity index (χ0n) is 12.1. The summed E-state index contributed by atoms with van der Waals surface area (Å²) in [7, 11) is 0. The van der Waals surface area contributed by atoms with Crippen molar-refractivity contribution in [2.75, 3.05) is 5.33 Å². The Balaban J connectivity index is 2.15. The Labute approximate surface area is 136 Å². The van der Waals surface area contributed by atoms with Crippen molar-refractivity contribution in [3.05, 3.63) is 35.9 Å². The predicted octanol–water partition coefficient (Wildman–Crippen LogP) is 1.22. The third-order valence-corrected chi connectivity index (χ3v) is 3.98. The van der Waals surface area contributed by atoms with Gasteiger partial charge in [0.1, 0.15) is 12.2 Å². The van der Waals surface area contributed by atoms with Crippen LogP contribution < -0.4 is 5.32 Å². The number of aliphatic hydroxyl groups is 1. The van der Waals surface area contributed by atoms with Crippen molar-refractivity contribution in [3.8, 4) is 0 Å². The van der Waals surface area contributed by atoms with Gasteiger partial charge in [-0.15, -0.1) is 0 Å². The molecule has 22 heavy (non-hydrogen) atoms. The molecule has 7 heteroatoms. The second-order valence-corrected chi connectivity index (χ2v) is 5.71. The highest BCUT2D eigenvalue weighted by molar-refractivity contribution is 9.09. The molecular weight excluding hydrogens is 354 g/mol. The molecule has 1 fully saturated rings. The zero-order valence-corrected chi connectivity index (χ0v) is 13.7. The largest absolute Gasteiger partial charge is 0.454 e. The van der Waals surface area contributed by atoms with Gasteiger partial charge in [-0.3, -0.25) is 4.79 Å². The Morgan fingerprint density at radius 3 is 2.68 bits per heavy atom. The lowest BCUT2D eigenvalue weighted by atomic mass is 9.99. The van der Waals surface area contributed by atoms with Crippen LogP contribution in [0.5, 0.6) is 0 Å². The normalized spacial score (nSPS) is 28.0. The zero-order chi connectivity index (χ0) is 16.1. The number of carbonyl (C=O) groups excluding carboxylic acids is 2. The monoisotopic (exact) mass is 371 g/mol. The van der Waals surface area contributed by atoms with Gasteiger partial charge in [0.2, 0.25) is 5.91 Å². The third kappa shape index (κ3) is 4.28. The number of halogens is 1. The van der Waals surface area contributed by atoms with Crippen LogP contribution in [-0.4, -0.2) is 46.9 Å². The first-order valence-corrected chi connectivity index (χ1v) is 8.06. The molecule has 2 N–H and O–H groups in total. The number of esters is 1. The molecule has 0 spiro atoms. The molecule has 0 bridgehead atoms. The second-order valence-electron chi connectivity index (χ2n) is 5.06. The second kappa shape index (κ2) is 7.71. The summed E-state index contributed by atoms with van der Waals surface area (Å²) in [6.07, 6.45) is -2.07. The van der Waals surface area contributed by atoms with E-state index < -0.39 is 30.5 Å². The number of hydrogen-bond donors (Lipinski definition) is 2. The van der Waals surface area contributed by atoms with E-state index in [1.165, 1.54) is 6.92 Å². The Morgan fingerprint density at radius 1 is 1.41 bits per heavy atom. The van der Waals surface area contributed by atoms with Gasteiger partial charge in [0, 0.05) is 18.7 Å². The van der Waals surface area contributed by atoms with E-state index in [0.29, 0.717) is 10.9 Å². The Hall–Kier alpha value is -1.44. The number of nitrogens with one attached hydrogen (secondary N) is 1. The van der Waals surface area contributed by atoms with Gasteiger partial charge in [-0.1, -0.05) is 34.1 Å². The number of benzene rings is 1. The molecule has 120 valence electrons. The van der Waals surface area contributed by atoms with Gasteiger partial charge in [-0.05, 0) is 12.1 Å². The van der Waals surface area contributed by atoms with Crippen LogP contribution in [0.25, 0.3) is 0 Å². The number of aliphatic hydroxyl groups excluding tert-OH is 1. The van der Waals surface area contributed by atoms with Crippen LogP contribution in [0.1, 0.15) is 23.7 Å². The van der Waals surface area contributed by atoms with Crippen molar-refractivity contribution in [3.63, 3.8) is 0 Å². The fourth-order valence-electron chi connectivity index (χ4n) is 2.40. The SMILES string of the molecule is CC(=O)NC1C[C@H](O)OC(CBr)[C@@H]1OC(=O)c1ccccc1. The molecule has 6 nitrogen and oxygen atoms in total. The molecule has 0 aromatic heterocycles. The van der Waals surface area contributed by atoms with Gasteiger partial charge in [-0.2, -0.15) is 0 Å². The molecule has 1 aromatic rings. The lowest BCUT2D eigenvalue weighted by Gasteiger charge is -2.39. The molecule has 1 amide bonds. The number of hydrogen-bond acceptors (Lipinski definition) is 5. The quantitative estimate of drug-likeness (QED) is 0.613. The van der Waals surface area contributed by atoms with Crippen LogP contribution in [0.2, 0.25) is 0 Å². The first-order chi connectivity index (χ1) is 10.5. The van der Waals surface area contributed by atoms with Crippen LogP contribution in [0.4, 0.5) is 0 Å². The maximum atomic E-state index is 12.2. The average Bonchev–Trinajstić information content (AvgIpc) is 2.49. The van der Waals surface area contributed by atoms with E-state index in [9.17, 15) is 14.7 Å². The predicted molar refractivity (Wildman–Crippen MR) is 82.5 cm³/mol. The minimum atomic E-state index is -1.01. The molecule has 1 saturated heterocycles. The summed E-state index contributed by atoms with van der Waals surface area (Å²) in [4.78, 5) is 23.5. The highest BCUT2D eigenvalue weighted by atomic mass is 79.9. The van der Waals surface area contributed by atoms with Crippen LogP contribution in [-0.2, 0) is 14.3 Å². The van der Waals surface area contributed by atoms with Gasteiger partial charge in [-0.25, -0.2) is 4.79 Å². The summed E-state index contributed by atoms with van der Waals surface area (Å²) in [5.74, 6) is -0.750. The van der Waals surface area contributed by atoms with Gasteiger partial charge >= 0.3 is 5.97 Å². The molecule has 1 aliphatic heterocycles. The topological polar surface area (TPSA) is 84.9 Å². The van der Waals surface area contributed by atoms with E-state index in [4.69, 9.17) is 9.47 Å². The van der Waals surface area contributed by atoms with E-state index in [-0.39, 0.29) is 12.3 Å². The number of rotatable bonds is 4. The van der Waals surface area contributed by atoms with E-state index in [1.807, 2.05) is 0 Å². The number of amides is 1. The lowest BCUT2D eigenvalue weighted by Crippen LogP contribution is -2.57. The maximum absolute atomic E-state index is 12.2. The van der Waals surface area contributed by atoms with Gasteiger partial charge < -0.3 is 19.9 Å². The molecule has 0 radical (unpaired) electrons. The molecule has 1 aromatic carbocycles. The lowest BCUT2D eigenvalue weighted by molar-refractivity contribution is -0.201. The molecule has 1 aliphatic rings. The Kier molecular flexibility index (Phi) is 5.93. The average molecular weight is 372 g/mol. The number of ether oxygens (including phenoxy) is 2. The van der Waals surface area contributed by atoms with Crippen molar-refractivity contribution < 1.29 is 24.2 Å². The Bertz CT molecular complexity index is 524. The smallest absolute Gasteiger partial charge is 0.338 e. The van der Waals surface area contributed by atoms with Crippen molar-refractivity contribution in [2.45, 2.75) is 37.9 Å². The Morgan fingerprint density at radius 2 is 2.09 bits per heavy atom. The summed E-state index contributed by atoms with van der Waals surface area (Å²) in [6, 6.07) is 8.08. The first-order valence-electron chi connectivity index (χ1n) is 6.94. The minimum absolute atomic E-state index is 0.163. The van der Waals surface area contributed by atoms with Gasteiger partial charge in [0.25, 0.3) is 0 Å². The highest BCUT2D eigenvalue weighted by Gasteiger charge is 2.41. The maximum Gasteiger partial charge on any atom is 0.338 e. The molecule has 0 saturated carbocycles. The van der Waals surface area contributed by atoms with Crippen LogP contribution >= 0.6 is 15.9 Å². The highest BCUT2D eigenvalue weighted by Crippen LogP contribution is 2.24. The van der Waals surface area contributed by atoms with E-state index in [0.717, 1.165) is 0 Å². The summed E-state index contributed by atoms with van der Waals surface area (Å²) in [5.41, 5.74) is 0.420. The van der Waals surface area contributed by atoms with E-state index in [1.54, 1.807) is 30.3 Å². The summed E-state index contributed by atoms with van der Waals surface area (Å²) in [6.45, 7) is 1.38. The standard InChI is InChI=1S/C15H18BrNO5/c1-9(18)17-11-7-13(19)21-12(8-16)14(11)22-15(20)10-5-3-2-4-6-10/h2-6,11-14,19H,7-8H2,1H3,(H,17,18)/t11?,12?,13-,14-/m1/s1. The minimum Gasteiger partial charge on any atom is -0.454 e. The van der Waals surface area contributed by atoms with Crippen molar-refractivity contribution in [2.24, 2.45) is 0 Å². The molecule has 2 unspecified atom stereocenters. The fourth-order valence-corrected chi connectivity index (χ4v) is 2.92. The van der Waals surface area contributed by atoms with Crippen molar-refractivity contribution in [1.29, 1.82) is 0 Å².